The highest BCUT2D eigenvalue weighted by molar-refractivity contribution is 5.84. The quantitative estimate of drug-likeness (QED) is 0.281. The third-order valence-corrected chi connectivity index (χ3v) is 7.14. The van der Waals surface area contributed by atoms with Gasteiger partial charge in [0.25, 0.3) is 0 Å². The first kappa shape index (κ1) is 31.6. The Balaban J connectivity index is 1.50. The molecule has 0 atom stereocenters. The van der Waals surface area contributed by atoms with E-state index >= 15 is 0 Å². The monoisotopic (exact) mass is 583 g/mol. The SMILES string of the molecule is CCNc1ncc(/C=C/c2cc(C)cc(OC)c2)nc1/C=C(\CC)c1ccc(N2CCN(C(=O)OC(C)(C)C)CC2)cc1. The molecule has 0 spiro atoms. The first-order valence-electron chi connectivity index (χ1n) is 15.1. The number of piperazine rings is 1. The predicted octanol–water partition coefficient (Wildman–Crippen LogP) is 7.40. The first-order valence-corrected chi connectivity index (χ1v) is 15.1. The molecule has 1 aliphatic heterocycles. The number of carbonyl (C=O) groups is 1. The Morgan fingerprint density at radius 1 is 1.02 bits per heavy atom. The highest BCUT2D eigenvalue weighted by Crippen LogP contribution is 2.27. The van der Waals surface area contributed by atoms with Gasteiger partial charge in [-0.2, -0.15) is 0 Å². The Morgan fingerprint density at radius 3 is 2.37 bits per heavy atom. The van der Waals surface area contributed by atoms with Crippen LogP contribution in [0.1, 0.15) is 69.1 Å². The van der Waals surface area contributed by atoms with Crippen molar-refractivity contribution in [3.8, 4) is 5.75 Å². The molecule has 1 saturated heterocycles. The van der Waals surface area contributed by atoms with Crippen molar-refractivity contribution in [3.05, 3.63) is 76.7 Å². The van der Waals surface area contributed by atoms with E-state index < -0.39 is 5.60 Å². The van der Waals surface area contributed by atoms with E-state index in [9.17, 15) is 4.79 Å². The third-order valence-electron chi connectivity index (χ3n) is 7.14. The molecule has 1 N–H and O–H groups in total. The highest BCUT2D eigenvalue weighted by Gasteiger charge is 2.26. The number of nitrogens with one attached hydrogen (secondary N) is 1. The van der Waals surface area contributed by atoms with Crippen LogP contribution in [0.4, 0.5) is 16.3 Å². The smallest absolute Gasteiger partial charge is 0.410 e. The normalized spacial score (nSPS) is 14.3. The van der Waals surface area contributed by atoms with Crippen LogP contribution in [0.5, 0.6) is 5.75 Å². The summed E-state index contributed by atoms with van der Waals surface area (Å²) in [6.45, 7) is 15.5. The molecule has 8 heteroatoms. The van der Waals surface area contributed by atoms with Crippen LogP contribution in [0.25, 0.3) is 23.8 Å². The Bertz CT molecular complexity index is 1450. The molecule has 0 saturated carbocycles. The van der Waals surface area contributed by atoms with E-state index in [-0.39, 0.29) is 6.09 Å². The molecule has 228 valence electrons. The second kappa shape index (κ2) is 14.2. The van der Waals surface area contributed by atoms with Gasteiger partial charge < -0.3 is 24.6 Å². The van der Waals surface area contributed by atoms with Gasteiger partial charge in [-0.05, 0) is 99.7 Å². The fraction of sp³-hybridized carbons (Fsp3) is 0.400. The van der Waals surface area contributed by atoms with Crippen LogP contribution in [0.15, 0.2) is 48.7 Å². The largest absolute Gasteiger partial charge is 0.497 e. The zero-order chi connectivity index (χ0) is 31.0. The summed E-state index contributed by atoms with van der Waals surface area (Å²) in [5, 5.41) is 3.35. The number of anilines is 2. The van der Waals surface area contributed by atoms with Gasteiger partial charge in [-0.15, -0.1) is 0 Å². The zero-order valence-corrected chi connectivity index (χ0v) is 26.6. The van der Waals surface area contributed by atoms with Crippen LogP contribution < -0.4 is 15.0 Å². The van der Waals surface area contributed by atoms with Crippen molar-refractivity contribution in [2.45, 2.75) is 53.6 Å². The molecular weight excluding hydrogens is 538 g/mol. The van der Waals surface area contributed by atoms with Crippen LogP contribution in [0.2, 0.25) is 0 Å². The zero-order valence-electron chi connectivity index (χ0n) is 26.6. The first-order chi connectivity index (χ1) is 20.6. The van der Waals surface area contributed by atoms with Gasteiger partial charge in [-0.1, -0.05) is 31.2 Å². The van der Waals surface area contributed by atoms with E-state index in [4.69, 9.17) is 14.5 Å². The van der Waals surface area contributed by atoms with Gasteiger partial charge >= 0.3 is 6.09 Å². The number of methoxy groups -OCH3 is 1. The van der Waals surface area contributed by atoms with Crippen LogP contribution in [-0.2, 0) is 4.74 Å². The number of ether oxygens (including phenoxy) is 2. The number of aromatic nitrogens is 2. The number of nitrogens with zero attached hydrogens (tertiary/aromatic N) is 4. The summed E-state index contributed by atoms with van der Waals surface area (Å²) in [5.74, 6) is 1.60. The Kier molecular flexibility index (Phi) is 10.5. The summed E-state index contributed by atoms with van der Waals surface area (Å²) >= 11 is 0. The molecule has 1 fully saturated rings. The van der Waals surface area contributed by atoms with Crippen LogP contribution >= 0.6 is 0 Å². The average Bonchev–Trinajstić information content (AvgIpc) is 2.99. The molecule has 0 unspecified atom stereocenters. The van der Waals surface area contributed by atoms with Crippen LogP contribution in [0, 0.1) is 6.92 Å². The standard InChI is InChI=1S/C35H45N5O3/c1-8-27(28-11-14-30(15-12-28)39-16-18-40(19-17-39)34(41)43-35(4,5)6)23-32-33(36-9-2)37-24-29(38-32)13-10-26-20-25(3)21-31(22-26)42-7/h10-15,20-24H,8-9,16-19H2,1-7H3,(H,36,37)/b13-10+,27-23+. The van der Waals surface area contributed by atoms with E-state index in [0.29, 0.717) is 13.1 Å². The second-order valence-corrected chi connectivity index (χ2v) is 11.7. The Morgan fingerprint density at radius 2 is 1.74 bits per heavy atom. The van der Waals surface area contributed by atoms with E-state index in [1.54, 1.807) is 18.2 Å². The molecule has 2 aromatic carbocycles. The van der Waals surface area contributed by atoms with Gasteiger partial charge in [-0.3, -0.25) is 0 Å². The number of hydrogen-bond donors (Lipinski definition) is 1. The highest BCUT2D eigenvalue weighted by atomic mass is 16.6. The third kappa shape index (κ3) is 8.83. The van der Waals surface area contributed by atoms with Crippen molar-refractivity contribution in [2.75, 3.05) is 50.1 Å². The molecular formula is C35H45N5O3. The second-order valence-electron chi connectivity index (χ2n) is 11.7. The minimum atomic E-state index is -0.485. The van der Waals surface area contributed by atoms with Gasteiger partial charge in [0.15, 0.2) is 5.82 Å². The summed E-state index contributed by atoms with van der Waals surface area (Å²) in [6.07, 6.45) is 8.55. The Labute approximate surface area is 256 Å². The summed E-state index contributed by atoms with van der Waals surface area (Å²) in [4.78, 5) is 26.2. The minimum absolute atomic E-state index is 0.241. The summed E-state index contributed by atoms with van der Waals surface area (Å²) in [6, 6.07) is 14.8. The topological polar surface area (TPSA) is 79.8 Å². The molecule has 0 aliphatic carbocycles. The van der Waals surface area contributed by atoms with Crippen LogP contribution in [-0.4, -0.2) is 66.4 Å². The minimum Gasteiger partial charge on any atom is -0.497 e. The molecule has 3 aromatic rings. The summed E-state index contributed by atoms with van der Waals surface area (Å²) < 4.78 is 11.0. The lowest BCUT2D eigenvalue weighted by Crippen LogP contribution is -2.50. The molecule has 2 heterocycles. The fourth-order valence-electron chi connectivity index (χ4n) is 4.99. The molecule has 1 amide bonds. The predicted molar refractivity (Wildman–Crippen MR) is 177 cm³/mol. The summed E-state index contributed by atoms with van der Waals surface area (Å²) in [5.41, 5.74) is 6.77. The maximum atomic E-state index is 12.4. The molecule has 43 heavy (non-hydrogen) atoms. The van der Waals surface area contributed by atoms with Crippen molar-refractivity contribution in [3.63, 3.8) is 0 Å². The van der Waals surface area contributed by atoms with Crippen molar-refractivity contribution < 1.29 is 14.3 Å². The van der Waals surface area contributed by atoms with E-state index in [1.165, 1.54) is 5.57 Å². The number of amides is 1. The van der Waals surface area contributed by atoms with Crippen LogP contribution in [0.3, 0.4) is 0 Å². The van der Waals surface area contributed by atoms with Gasteiger partial charge in [0.05, 0.1) is 19.0 Å². The number of rotatable bonds is 9. The maximum Gasteiger partial charge on any atom is 0.410 e. The average molecular weight is 584 g/mol. The molecule has 8 nitrogen and oxygen atoms in total. The van der Waals surface area contributed by atoms with E-state index in [1.807, 2.05) is 45.1 Å². The van der Waals surface area contributed by atoms with Gasteiger partial charge in [-0.25, -0.2) is 14.8 Å². The molecule has 4 rings (SSSR count). The van der Waals surface area contributed by atoms with Gasteiger partial charge in [0.1, 0.15) is 17.0 Å². The molecule has 0 bridgehead atoms. The van der Waals surface area contributed by atoms with Crippen molar-refractivity contribution in [1.82, 2.24) is 14.9 Å². The van der Waals surface area contributed by atoms with Crippen molar-refractivity contribution in [2.24, 2.45) is 0 Å². The van der Waals surface area contributed by atoms with Gasteiger partial charge in [0, 0.05) is 38.4 Å². The molecule has 1 aromatic heterocycles. The van der Waals surface area contributed by atoms with Gasteiger partial charge in [0.2, 0.25) is 0 Å². The lowest BCUT2D eigenvalue weighted by Gasteiger charge is -2.36. The molecule has 1 aliphatic rings. The fourth-order valence-corrected chi connectivity index (χ4v) is 4.99. The molecule has 0 radical (unpaired) electrons. The number of allylic oxidation sites excluding steroid dienone is 1. The maximum absolute atomic E-state index is 12.4. The number of aryl methyl sites for hydroxylation is 1. The van der Waals surface area contributed by atoms with Crippen molar-refractivity contribution >= 4 is 41.4 Å². The van der Waals surface area contributed by atoms with E-state index in [0.717, 1.165) is 71.4 Å². The summed E-state index contributed by atoms with van der Waals surface area (Å²) in [7, 11) is 1.68. The Hall–Kier alpha value is -4.33. The van der Waals surface area contributed by atoms with E-state index in [2.05, 4.69) is 72.4 Å². The lowest BCUT2D eigenvalue weighted by atomic mass is 10.0. The number of benzene rings is 2. The number of hydrogen-bond acceptors (Lipinski definition) is 7. The van der Waals surface area contributed by atoms with Crippen molar-refractivity contribution in [1.29, 1.82) is 0 Å². The lowest BCUT2D eigenvalue weighted by molar-refractivity contribution is 0.0240. The number of carbonyl (C=O) groups excluding carboxylic acids is 1.